The van der Waals surface area contributed by atoms with E-state index < -0.39 is 10.8 Å². The Morgan fingerprint density at radius 3 is 2.62 bits per heavy atom. The molecule has 116 valence electrons. The molecule has 0 heterocycles. The van der Waals surface area contributed by atoms with Crippen LogP contribution in [0, 0.1) is 6.92 Å². The number of nitrogens with one attached hydrogen (secondary N) is 1. The summed E-state index contributed by atoms with van der Waals surface area (Å²) in [4.78, 5) is 12.6. The first-order chi connectivity index (χ1) is 10.1. The molecule has 0 radical (unpaired) electrons. The fraction of sp³-hybridized carbons (Fsp3) is 0.562. The van der Waals surface area contributed by atoms with Crippen molar-refractivity contribution in [2.75, 3.05) is 11.5 Å². The number of anilines is 1. The van der Waals surface area contributed by atoms with Crippen molar-refractivity contribution >= 4 is 22.4 Å². The van der Waals surface area contributed by atoms with Gasteiger partial charge < -0.3 is 11.1 Å². The molecule has 2 rings (SSSR count). The molecule has 1 aromatic rings. The van der Waals surface area contributed by atoms with E-state index in [1.807, 2.05) is 19.1 Å². The molecule has 0 aliphatic heterocycles. The Kier molecular flexibility index (Phi) is 5.79. The smallest absolute Gasteiger partial charge is 0.233 e. The van der Waals surface area contributed by atoms with Crippen molar-refractivity contribution in [2.45, 2.75) is 56.4 Å². The maximum atomic E-state index is 12.3. The van der Waals surface area contributed by atoms with Gasteiger partial charge in [-0.05, 0) is 31.4 Å². The molecule has 0 bridgehead atoms. The van der Waals surface area contributed by atoms with Gasteiger partial charge in [-0.25, -0.2) is 0 Å². The van der Waals surface area contributed by atoms with Crippen molar-refractivity contribution in [3.8, 4) is 0 Å². The van der Waals surface area contributed by atoms with Crippen molar-refractivity contribution in [3.05, 3.63) is 23.8 Å². The Hall–Kier alpha value is -1.36. The average molecular weight is 308 g/mol. The maximum Gasteiger partial charge on any atom is 0.233 e. The second-order valence-electron chi connectivity index (χ2n) is 5.73. The summed E-state index contributed by atoms with van der Waals surface area (Å²) in [6.07, 6.45) is 6.89. The largest absolute Gasteiger partial charge is 0.398 e. The number of amides is 1. The van der Waals surface area contributed by atoms with Gasteiger partial charge in [0.15, 0.2) is 0 Å². The third-order valence-corrected chi connectivity index (χ3v) is 5.38. The third kappa shape index (κ3) is 4.56. The van der Waals surface area contributed by atoms with Crippen molar-refractivity contribution in [3.63, 3.8) is 0 Å². The number of aryl methyl sites for hydroxylation is 1. The van der Waals surface area contributed by atoms with E-state index in [1.165, 1.54) is 25.7 Å². The standard InChI is InChI=1S/C16H24N2O2S/c1-12-7-6-10-14(16(12)17)21(20)11-15(19)18-13-8-4-2-3-5-9-13/h6-7,10,13H,2-5,8-9,11,17H2,1H3,(H,18,19). The topological polar surface area (TPSA) is 72.2 Å². The van der Waals surface area contributed by atoms with Gasteiger partial charge in [-0.15, -0.1) is 0 Å². The summed E-state index contributed by atoms with van der Waals surface area (Å²) in [7, 11) is -1.38. The summed E-state index contributed by atoms with van der Waals surface area (Å²) in [5.74, 6) is -0.148. The van der Waals surface area contributed by atoms with E-state index in [0.717, 1.165) is 18.4 Å². The first-order valence-corrected chi connectivity index (χ1v) is 8.92. The van der Waals surface area contributed by atoms with Crippen LogP contribution in [0.5, 0.6) is 0 Å². The summed E-state index contributed by atoms with van der Waals surface area (Å²) in [6.45, 7) is 1.88. The lowest BCUT2D eigenvalue weighted by Gasteiger charge is -2.16. The van der Waals surface area contributed by atoms with Crippen molar-refractivity contribution in [2.24, 2.45) is 0 Å². The van der Waals surface area contributed by atoms with Gasteiger partial charge >= 0.3 is 0 Å². The van der Waals surface area contributed by atoms with Crippen LogP contribution in [-0.4, -0.2) is 21.9 Å². The Labute approximate surface area is 129 Å². The normalized spacial score (nSPS) is 18.0. The molecule has 0 aromatic heterocycles. The highest BCUT2D eigenvalue weighted by atomic mass is 32.2. The van der Waals surface area contributed by atoms with Gasteiger partial charge in [-0.3, -0.25) is 9.00 Å². The highest BCUT2D eigenvalue weighted by molar-refractivity contribution is 7.86. The van der Waals surface area contributed by atoms with Crippen LogP contribution in [0.1, 0.15) is 44.1 Å². The number of carbonyl (C=O) groups excluding carboxylic acids is 1. The molecule has 21 heavy (non-hydrogen) atoms. The summed E-state index contributed by atoms with van der Waals surface area (Å²) in [6, 6.07) is 5.67. The molecule has 1 saturated carbocycles. The first-order valence-electron chi connectivity index (χ1n) is 7.61. The maximum absolute atomic E-state index is 12.3. The van der Waals surface area contributed by atoms with E-state index in [2.05, 4.69) is 5.32 Å². The zero-order valence-electron chi connectivity index (χ0n) is 12.6. The molecule has 0 saturated heterocycles. The number of benzene rings is 1. The van der Waals surface area contributed by atoms with Crippen molar-refractivity contribution in [1.29, 1.82) is 0 Å². The van der Waals surface area contributed by atoms with Gasteiger partial charge in [0.1, 0.15) is 5.75 Å². The SMILES string of the molecule is Cc1cccc(S(=O)CC(=O)NC2CCCCCC2)c1N. The number of rotatable bonds is 4. The first kappa shape index (κ1) is 16.0. The Morgan fingerprint density at radius 1 is 1.29 bits per heavy atom. The monoisotopic (exact) mass is 308 g/mol. The van der Waals surface area contributed by atoms with Crippen molar-refractivity contribution in [1.82, 2.24) is 5.32 Å². The van der Waals surface area contributed by atoms with Gasteiger partial charge in [0.2, 0.25) is 5.91 Å². The van der Waals surface area contributed by atoms with Crippen LogP contribution in [0.15, 0.2) is 23.1 Å². The summed E-state index contributed by atoms with van der Waals surface area (Å²) in [5, 5.41) is 3.02. The summed E-state index contributed by atoms with van der Waals surface area (Å²) >= 11 is 0. The molecule has 1 aliphatic carbocycles. The van der Waals surface area contributed by atoms with Gasteiger partial charge in [-0.1, -0.05) is 37.8 Å². The van der Waals surface area contributed by atoms with E-state index in [9.17, 15) is 9.00 Å². The number of hydrogen-bond acceptors (Lipinski definition) is 3. The van der Waals surface area contributed by atoms with E-state index in [1.54, 1.807) is 6.07 Å². The zero-order valence-corrected chi connectivity index (χ0v) is 13.4. The lowest BCUT2D eigenvalue weighted by Crippen LogP contribution is -2.37. The number of para-hydroxylation sites is 1. The highest BCUT2D eigenvalue weighted by Gasteiger charge is 2.18. The molecule has 3 N–H and O–H groups in total. The van der Waals surface area contributed by atoms with E-state index >= 15 is 0 Å². The van der Waals surface area contributed by atoms with Gasteiger partial charge in [-0.2, -0.15) is 0 Å². The van der Waals surface area contributed by atoms with Crippen LogP contribution in [0.25, 0.3) is 0 Å². The molecule has 0 spiro atoms. The minimum atomic E-state index is -1.38. The molecule has 5 heteroatoms. The quantitative estimate of drug-likeness (QED) is 0.663. The van der Waals surface area contributed by atoms with Crippen LogP contribution >= 0.6 is 0 Å². The van der Waals surface area contributed by atoms with Crippen LogP contribution in [0.3, 0.4) is 0 Å². The van der Waals surface area contributed by atoms with Crippen LogP contribution in [0.4, 0.5) is 5.69 Å². The molecule has 1 unspecified atom stereocenters. The molecule has 1 aliphatic rings. The molecule has 4 nitrogen and oxygen atoms in total. The molecule has 1 amide bonds. The number of hydrogen-bond donors (Lipinski definition) is 2. The van der Waals surface area contributed by atoms with Crippen molar-refractivity contribution < 1.29 is 9.00 Å². The summed E-state index contributed by atoms with van der Waals surface area (Å²) < 4.78 is 12.3. The minimum absolute atomic E-state index is 0.00977. The van der Waals surface area contributed by atoms with Gasteiger partial charge in [0, 0.05) is 6.04 Å². The Morgan fingerprint density at radius 2 is 1.95 bits per heavy atom. The third-order valence-electron chi connectivity index (χ3n) is 4.01. The van der Waals surface area contributed by atoms with Crippen LogP contribution in [-0.2, 0) is 15.6 Å². The minimum Gasteiger partial charge on any atom is -0.398 e. The zero-order chi connectivity index (χ0) is 15.2. The average Bonchev–Trinajstić information content (AvgIpc) is 2.70. The second kappa shape index (κ2) is 7.59. The number of carbonyl (C=O) groups is 1. The molecule has 1 aromatic carbocycles. The fourth-order valence-corrected chi connectivity index (χ4v) is 3.86. The van der Waals surface area contributed by atoms with E-state index in [4.69, 9.17) is 5.73 Å². The Balaban J connectivity index is 1.92. The number of nitrogens with two attached hydrogens (primary N) is 1. The van der Waals surface area contributed by atoms with Gasteiger partial charge in [0.25, 0.3) is 0 Å². The fourth-order valence-electron chi connectivity index (χ4n) is 2.74. The Bertz CT molecular complexity index is 523. The number of nitrogen functional groups attached to an aromatic ring is 1. The van der Waals surface area contributed by atoms with Crippen LogP contribution < -0.4 is 11.1 Å². The second-order valence-corrected chi connectivity index (χ2v) is 7.15. The highest BCUT2D eigenvalue weighted by Crippen LogP contribution is 2.21. The van der Waals surface area contributed by atoms with E-state index in [-0.39, 0.29) is 17.7 Å². The molecule has 1 atom stereocenters. The predicted octanol–water partition coefficient (Wildman–Crippen LogP) is 2.52. The molecule has 1 fully saturated rings. The lowest BCUT2D eigenvalue weighted by atomic mass is 10.1. The molecular weight excluding hydrogens is 284 g/mol. The van der Waals surface area contributed by atoms with Gasteiger partial charge in [0.05, 0.1) is 21.4 Å². The molecular formula is C16H24N2O2S. The van der Waals surface area contributed by atoms with Crippen LogP contribution in [0.2, 0.25) is 0 Å². The van der Waals surface area contributed by atoms with E-state index in [0.29, 0.717) is 10.6 Å². The summed E-state index contributed by atoms with van der Waals surface area (Å²) in [5.41, 5.74) is 7.36. The predicted molar refractivity (Wildman–Crippen MR) is 86.5 cm³/mol. The lowest BCUT2D eigenvalue weighted by molar-refractivity contribution is -0.119.